The standard InChI is InChI=1S/C22H28N2O3/c1-26-19-10-9-16(12-20(19)27-2)13-24-14-17-6-5-7-18(15-24)22(17,25)21-8-3-4-11-23-21/h3-4,8-12,17-18,25H,5-7,13-15H2,1-2H3. The average molecular weight is 368 g/mol. The molecule has 1 aromatic carbocycles. The van der Waals surface area contributed by atoms with Gasteiger partial charge < -0.3 is 14.6 Å². The normalized spacial score (nSPS) is 28.0. The maximum absolute atomic E-state index is 11.6. The number of hydrogen-bond donors (Lipinski definition) is 1. The summed E-state index contributed by atoms with van der Waals surface area (Å²) in [5, 5.41) is 11.6. The first-order valence-corrected chi connectivity index (χ1v) is 9.72. The summed E-state index contributed by atoms with van der Waals surface area (Å²) in [4.78, 5) is 6.97. The van der Waals surface area contributed by atoms with E-state index in [1.165, 1.54) is 12.0 Å². The van der Waals surface area contributed by atoms with Crippen LogP contribution in [0.2, 0.25) is 0 Å². The van der Waals surface area contributed by atoms with Gasteiger partial charge in [-0.05, 0) is 42.7 Å². The molecule has 4 rings (SSSR count). The number of nitrogens with zero attached hydrogens (tertiary/aromatic N) is 2. The van der Waals surface area contributed by atoms with Crippen molar-refractivity contribution in [2.75, 3.05) is 27.3 Å². The van der Waals surface area contributed by atoms with Crippen molar-refractivity contribution >= 4 is 0 Å². The van der Waals surface area contributed by atoms with Gasteiger partial charge in [-0.1, -0.05) is 18.6 Å². The van der Waals surface area contributed by atoms with Crippen LogP contribution >= 0.6 is 0 Å². The number of pyridine rings is 1. The van der Waals surface area contributed by atoms with Gasteiger partial charge in [0.15, 0.2) is 11.5 Å². The number of fused-ring (bicyclic) bond motifs is 2. The van der Waals surface area contributed by atoms with E-state index in [9.17, 15) is 5.11 Å². The van der Waals surface area contributed by atoms with Crippen LogP contribution in [0, 0.1) is 11.8 Å². The molecule has 2 fully saturated rings. The van der Waals surface area contributed by atoms with Crippen molar-refractivity contribution in [2.24, 2.45) is 11.8 Å². The molecule has 1 aliphatic carbocycles. The Morgan fingerprint density at radius 3 is 2.44 bits per heavy atom. The first kappa shape index (κ1) is 18.3. The molecule has 0 radical (unpaired) electrons. The van der Waals surface area contributed by atoms with Crippen LogP contribution in [0.1, 0.15) is 30.5 Å². The molecule has 1 N–H and O–H groups in total. The molecule has 2 bridgehead atoms. The topological polar surface area (TPSA) is 54.8 Å². The van der Waals surface area contributed by atoms with E-state index >= 15 is 0 Å². The second-order valence-corrected chi connectivity index (χ2v) is 7.75. The third-order valence-electron chi connectivity index (χ3n) is 6.24. The molecule has 2 atom stereocenters. The quantitative estimate of drug-likeness (QED) is 0.878. The van der Waals surface area contributed by atoms with Crippen LogP contribution in [0.5, 0.6) is 11.5 Å². The predicted octanol–water partition coefficient (Wildman–Crippen LogP) is 3.22. The average Bonchev–Trinajstić information content (AvgIpc) is 2.69. The van der Waals surface area contributed by atoms with Gasteiger partial charge in [0.1, 0.15) is 5.60 Å². The number of aliphatic hydroxyl groups is 1. The summed E-state index contributed by atoms with van der Waals surface area (Å²) in [7, 11) is 3.32. The first-order valence-electron chi connectivity index (χ1n) is 9.72. The Hall–Kier alpha value is -2.11. The number of benzene rings is 1. The molecule has 1 aliphatic heterocycles. The Bertz CT molecular complexity index is 766. The van der Waals surface area contributed by atoms with E-state index < -0.39 is 5.60 Å². The monoisotopic (exact) mass is 368 g/mol. The van der Waals surface area contributed by atoms with Crippen molar-refractivity contribution in [2.45, 2.75) is 31.4 Å². The van der Waals surface area contributed by atoms with Gasteiger partial charge >= 0.3 is 0 Å². The molecule has 1 saturated carbocycles. The maximum atomic E-state index is 11.6. The highest BCUT2D eigenvalue weighted by atomic mass is 16.5. The van der Waals surface area contributed by atoms with E-state index in [1.54, 1.807) is 20.4 Å². The summed E-state index contributed by atoms with van der Waals surface area (Å²) >= 11 is 0. The molecule has 2 aliphatic rings. The molecule has 2 aromatic rings. The van der Waals surface area contributed by atoms with Crippen LogP contribution in [-0.4, -0.2) is 42.3 Å². The minimum absolute atomic E-state index is 0.222. The fourth-order valence-electron chi connectivity index (χ4n) is 4.93. The number of ether oxygens (including phenoxy) is 2. The first-order chi connectivity index (χ1) is 13.1. The highest BCUT2D eigenvalue weighted by Gasteiger charge is 2.52. The van der Waals surface area contributed by atoms with Gasteiger partial charge in [0.05, 0.1) is 19.9 Å². The van der Waals surface area contributed by atoms with E-state index in [1.807, 2.05) is 30.3 Å². The van der Waals surface area contributed by atoms with Crippen LogP contribution in [0.15, 0.2) is 42.6 Å². The Balaban J connectivity index is 1.54. The number of piperidine rings is 1. The summed E-state index contributed by atoms with van der Waals surface area (Å²) in [5.74, 6) is 1.96. The summed E-state index contributed by atoms with van der Waals surface area (Å²) in [6.45, 7) is 2.63. The summed E-state index contributed by atoms with van der Waals surface area (Å²) in [6, 6.07) is 12.0. The molecule has 27 heavy (non-hydrogen) atoms. The number of likely N-dealkylation sites (tertiary alicyclic amines) is 1. The molecule has 2 unspecified atom stereocenters. The zero-order chi connectivity index (χ0) is 18.9. The van der Waals surface area contributed by atoms with Gasteiger partial charge in [-0.3, -0.25) is 9.88 Å². The number of aromatic nitrogens is 1. The highest BCUT2D eigenvalue weighted by Crippen LogP contribution is 2.48. The lowest BCUT2D eigenvalue weighted by Crippen LogP contribution is -2.58. The van der Waals surface area contributed by atoms with Gasteiger partial charge in [-0.25, -0.2) is 0 Å². The summed E-state index contributed by atoms with van der Waals surface area (Å²) in [5.41, 5.74) is 1.24. The third-order valence-corrected chi connectivity index (χ3v) is 6.24. The maximum Gasteiger partial charge on any atom is 0.161 e. The summed E-state index contributed by atoms with van der Waals surface area (Å²) in [6.07, 6.45) is 5.08. The lowest BCUT2D eigenvalue weighted by atomic mass is 9.64. The van der Waals surface area contributed by atoms with Crippen LogP contribution in [0.4, 0.5) is 0 Å². The molecule has 0 spiro atoms. The lowest BCUT2D eigenvalue weighted by Gasteiger charge is -2.52. The van der Waals surface area contributed by atoms with Crippen molar-refractivity contribution < 1.29 is 14.6 Å². The van der Waals surface area contributed by atoms with E-state index in [0.29, 0.717) is 0 Å². The van der Waals surface area contributed by atoms with E-state index in [2.05, 4.69) is 16.0 Å². The second kappa shape index (κ2) is 7.49. The SMILES string of the molecule is COc1ccc(CN2CC3CCCC(C2)C3(O)c2ccccn2)cc1OC. The van der Waals surface area contributed by atoms with Crippen molar-refractivity contribution in [3.63, 3.8) is 0 Å². The molecule has 5 nitrogen and oxygen atoms in total. The minimum Gasteiger partial charge on any atom is -0.493 e. The van der Waals surface area contributed by atoms with Crippen LogP contribution < -0.4 is 9.47 Å². The van der Waals surface area contributed by atoms with Gasteiger partial charge in [0, 0.05) is 37.7 Å². The molecule has 1 aromatic heterocycles. The fraction of sp³-hybridized carbons (Fsp3) is 0.500. The van der Waals surface area contributed by atoms with Crippen molar-refractivity contribution in [1.82, 2.24) is 9.88 Å². The molecule has 1 saturated heterocycles. The van der Waals surface area contributed by atoms with E-state index in [0.717, 1.165) is 49.7 Å². The van der Waals surface area contributed by atoms with E-state index in [4.69, 9.17) is 9.47 Å². The van der Waals surface area contributed by atoms with Crippen LogP contribution in [-0.2, 0) is 12.1 Å². The van der Waals surface area contributed by atoms with Crippen molar-refractivity contribution in [1.29, 1.82) is 0 Å². The van der Waals surface area contributed by atoms with Gasteiger partial charge in [0.25, 0.3) is 0 Å². The zero-order valence-corrected chi connectivity index (χ0v) is 16.1. The Labute approximate surface area is 160 Å². The van der Waals surface area contributed by atoms with Crippen LogP contribution in [0.3, 0.4) is 0 Å². The Morgan fingerprint density at radius 1 is 1.07 bits per heavy atom. The van der Waals surface area contributed by atoms with Crippen LogP contribution in [0.25, 0.3) is 0 Å². The highest BCUT2D eigenvalue weighted by molar-refractivity contribution is 5.42. The number of rotatable bonds is 5. The molecule has 2 heterocycles. The Morgan fingerprint density at radius 2 is 1.81 bits per heavy atom. The molecular weight excluding hydrogens is 340 g/mol. The molecule has 144 valence electrons. The van der Waals surface area contributed by atoms with Gasteiger partial charge in [-0.15, -0.1) is 0 Å². The van der Waals surface area contributed by atoms with Crippen molar-refractivity contribution in [3.8, 4) is 11.5 Å². The van der Waals surface area contributed by atoms with E-state index in [-0.39, 0.29) is 11.8 Å². The molecular formula is C22H28N2O3. The van der Waals surface area contributed by atoms with Crippen molar-refractivity contribution in [3.05, 3.63) is 53.9 Å². The minimum atomic E-state index is -0.798. The summed E-state index contributed by atoms with van der Waals surface area (Å²) < 4.78 is 10.8. The third kappa shape index (κ3) is 3.30. The van der Waals surface area contributed by atoms with Gasteiger partial charge in [0.2, 0.25) is 0 Å². The fourth-order valence-corrected chi connectivity index (χ4v) is 4.93. The number of methoxy groups -OCH3 is 2. The lowest BCUT2D eigenvalue weighted by molar-refractivity contribution is -0.151. The molecule has 5 heteroatoms. The second-order valence-electron chi connectivity index (χ2n) is 7.75. The smallest absolute Gasteiger partial charge is 0.161 e. The zero-order valence-electron chi connectivity index (χ0n) is 16.1. The van der Waals surface area contributed by atoms with Gasteiger partial charge in [-0.2, -0.15) is 0 Å². The number of hydrogen-bond acceptors (Lipinski definition) is 5. The Kier molecular flexibility index (Phi) is 5.06. The largest absolute Gasteiger partial charge is 0.493 e. The predicted molar refractivity (Wildman–Crippen MR) is 104 cm³/mol. The molecule has 0 amide bonds.